The SMILES string of the molecule is CCCC(C(=O)N(C)Cc1ccc(Cl)cc1)C(N)=S. The summed E-state index contributed by atoms with van der Waals surface area (Å²) in [6.07, 6.45) is 1.57. The Balaban J connectivity index is 2.70. The second kappa shape index (κ2) is 7.46. The van der Waals surface area contributed by atoms with Crippen molar-refractivity contribution in [3.8, 4) is 0 Å². The number of benzene rings is 1. The van der Waals surface area contributed by atoms with Crippen LogP contribution in [0, 0.1) is 5.92 Å². The highest BCUT2D eigenvalue weighted by molar-refractivity contribution is 7.80. The molecule has 1 rings (SSSR count). The number of nitrogens with two attached hydrogens (primary N) is 1. The molecule has 1 aromatic rings. The van der Waals surface area contributed by atoms with Crippen LogP contribution in [-0.2, 0) is 11.3 Å². The molecule has 0 radical (unpaired) electrons. The molecule has 19 heavy (non-hydrogen) atoms. The van der Waals surface area contributed by atoms with E-state index in [1.807, 2.05) is 31.2 Å². The standard InChI is InChI=1S/C14H19ClN2OS/c1-3-4-12(13(16)19)14(18)17(2)9-10-5-7-11(15)8-6-10/h5-8,12H,3-4,9H2,1-2H3,(H2,16,19). The molecule has 0 saturated heterocycles. The van der Waals surface area contributed by atoms with Crippen molar-refractivity contribution in [2.24, 2.45) is 11.7 Å². The number of hydrogen-bond donors (Lipinski definition) is 1. The van der Waals surface area contributed by atoms with Gasteiger partial charge in [0, 0.05) is 18.6 Å². The molecule has 0 spiro atoms. The first kappa shape index (κ1) is 15.9. The van der Waals surface area contributed by atoms with Crippen molar-refractivity contribution in [3.05, 3.63) is 34.9 Å². The van der Waals surface area contributed by atoms with Crippen LogP contribution in [0.25, 0.3) is 0 Å². The Morgan fingerprint density at radius 3 is 2.47 bits per heavy atom. The van der Waals surface area contributed by atoms with Gasteiger partial charge in [0.2, 0.25) is 5.91 Å². The fourth-order valence-corrected chi connectivity index (χ4v) is 2.23. The van der Waals surface area contributed by atoms with Gasteiger partial charge in [-0.15, -0.1) is 0 Å². The van der Waals surface area contributed by atoms with E-state index in [0.29, 0.717) is 18.0 Å². The fraction of sp³-hybridized carbons (Fsp3) is 0.429. The van der Waals surface area contributed by atoms with E-state index in [-0.39, 0.29) is 16.8 Å². The molecule has 0 aliphatic heterocycles. The van der Waals surface area contributed by atoms with Gasteiger partial charge in [0.05, 0.1) is 10.9 Å². The molecule has 0 heterocycles. The molecule has 3 nitrogen and oxygen atoms in total. The zero-order valence-electron chi connectivity index (χ0n) is 11.2. The maximum Gasteiger partial charge on any atom is 0.232 e. The lowest BCUT2D eigenvalue weighted by molar-refractivity contribution is -0.132. The molecular weight excluding hydrogens is 280 g/mol. The average Bonchev–Trinajstić information content (AvgIpc) is 2.37. The first-order chi connectivity index (χ1) is 8.95. The second-order valence-electron chi connectivity index (χ2n) is 4.56. The number of carbonyl (C=O) groups is 1. The van der Waals surface area contributed by atoms with Gasteiger partial charge in [-0.3, -0.25) is 4.79 Å². The number of halogens is 1. The molecule has 1 unspecified atom stereocenters. The molecule has 0 fully saturated rings. The Morgan fingerprint density at radius 2 is 2.00 bits per heavy atom. The lowest BCUT2D eigenvalue weighted by Gasteiger charge is -2.23. The third-order valence-electron chi connectivity index (χ3n) is 2.93. The monoisotopic (exact) mass is 298 g/mol. The highest BCUT2D eigenvalue weighted by atomic mass is 35.5. The lowest BCUT2D eigenvalue weighted by atomic mass is 10.0. The minimum absolute atomic E-state index is 0.0238. The van der Waals surface area contributed by atoms with E-state index >= 15 is 0 Å². The molecule has 0 aromatic heterocycles. The van der Waals surface area contributed by atoms with Crippen LogP contribution in [0.1, 0.15) is 25.3 Å². The first-order valence-electron chi connectivity index (χ1n) is 6.24. The Kier molecular flexibility index (Phi) is 6.25. The van der Waals surface area contributed by atoms with Gasteiger partial charge < -0.3 is 10.6 Å². The summed E-state index contributed by atoms with van der Waals surface area (Å²) in [5.41, 5.74) is 6.67. The number of thiocarbonyl (C=S) groups is 1. The van der Waals surface area contributed by atoms with E-state index in [1.165, 1.54) is 0 Å². The minimum Gasteiger partial charge on any atom is -0.393 e. The predicted octanol–water partition coefficient (Wildman–Crippen LogP) is 3.00. The van der Waals surface area contributed by atoms with Gasteiger partial charge in [-0.1, -0.05) is 49.3 Å². The molecule has 104 valence electrons. The van der Waals surface area contributed by atoms with E-state index in [9.17, 15) is 4.79 Å². The zero-order valence-corrected chi connectivity index (χ0v) is 12.8. The van der Waals surface area contributed by atoms with Crippen molar-refractivity contribution in [2.75, 3.05) is 7.05 Å². The smallest absolute Gasteiger partial charge is 0.232 e. The van der Waals surface area contributed by atoms with Crippen LogP contribution in [0.3, 0.4) is 0 Å². The van der Waals surface area contributed by atoms with Gasteiger partial charge in [0.1, 0.15) is 0 Å². The summed E-state index contributed by atoms with van der Waals surface area (Å²) in [5, 5.41) is 0.685. The number of carbonyl (C=O) groups excluding carboxylic acids is 1. The largest absolute Gasteiger partial charge is 0.393 e. The third kappa shape index (κ3) is 4.80. The topological polar surface area (TPSA) is 46.3 Å². The third-order valence-corrected chi connectivity index (χ3v) is 3.46. The summed E-state index contributed by atoms with van der Waals surface area (Å²) in [7, 11) is 1.76. The first-order valence-corrected chi connectivity index (χ1v) is 7.03. The van der Waals surface area contributed by atoms with Gasteiger partial charge in [-0.25, -0.2) is 0 Å². The molecule has 5 heteroatoms. The summed E-state index contributed by atoms with van der Waals surface area (Å²) in [4.78, 5) is 14.2. The van der Waals surface area contributed by atoms with Crippen molar-refractivity contribution in [3.63, 3.8) is 0 Å². The van der Waals surface area contributed by atoms with Gasteiger partial charge >= 0.3 is 0 Å². The summed E-state index contributed by atoms with van der Waals surface area (Å²) in [5.74, 6) is -0.387. The van der Waals surface area contributed by atoms with Gasteiger partial charge in [-0.2, -0.15) is 0 Å². The molecule has 0 saturated carbocycles. The average molecular weight is 299 g/mol. The van der Waals surface area contributed by atoms with E-state index in [2.05, 4.69) is 0 Å². The van der Waals surface area contributed by atoms with E-state index < -0.39 is 0 Å². The molecule has 1 amide bonds. The Bertz CT molecular complexity index is 447. The highest BCUT2D eigenvalue weighted by Crippen LogP contribution is 2.14. The maximum atomic E-state index is 12.3. The van der Waals surface area contributed by atoms with Gasteiger partial charge in [0.15, 0.2) is 0 Å². The van der Waals surface area contributed by atoms with Crippen LogP contribution in [0.4, 0.5) is 0 Å². The van der Waals surface area contributed by atoms with Crippen LogP contribution in [0.15, 0.2) is 24.3 Å². The number of nitrogens with zero attached hydrogens (tertiary/aromatic N) is 1. The van der Waals surface area contributed by atoms with Gasteiger partial charge in [-0.05, 0) is 24.1 Å². The summed E-state index contributed by atoms with van der Waals surface area (Å²) < 4.78 is 0. The Hall–Kier alpha value is -1.13. The molecule has 0 aliphatic carbocycles. The summed E-state index contributed by atoms with van der Waals surface area (Å²) in [6.45, 7) is 2.54. The Labute approximate surface area is 124 Å². The number of rotatable bonds is 6. The van der Waals surface area contributed by atoms with Crippen LogP contribution < -0.4 is 5.73 Å². The number of amides is 1. The van der Waals surface area contributed by atoms with Crippen LogP contribution in [0.2, 0.25) is 5.02 Å². The number of hydrogen-bond acceptors (Lipinski definition) is 2. The fourth-order valence-electron chi connectivity index (χ4n) is 1.88. The molecular formula is C14H19ClN2OS. The molecule has 1 atom stereocenters. The van der Waals surface area contributed by atoms with Crippen molar-refractivity contribution >= 4 is 34.7 Å². The Morgan fingerprint density at radius 1 is 1.42 bits per heavy atom. The van der Waals surface area contributed by atoms with Crippen LogP contribution in [-0.4, -0.2) is 22.8 Å². The van der Waals surface area contributed by atoms with E-state index in [0.717, 1.165) is 12.0 Å². The highest BCUT2D eigenvalue weighted by Gasteiger charge is 2.23. The van der Waals surface area contributed by atoms with Crippen LogP contribution in [0.5, 0.6) is 0 Å². The molecule has 0 aliphatic rings. The minimum atomic E-state index is -0.364. The van der Waals surface area contributed by atoms with Crippen molar-refractivity contribution < 1.29 is 4.79 Å². The van der Waals surface area contributed by atoms with E-state index in [1.54, 1.807) is 11.9 Å². The van der Waals surface area contributed by atoms with Crippen molar-refractivity contribution in [1.29, 1.82) is 0 Å². The van der Waals surface area contributed by atoms with Crippen molar-refractivity contribution in [2.45, 2.75) is 26.3 Å². The second-order valence-corrected chi connectivity index (χ2v) is 5.47. The maximum absolute atomic E-state index is 12.3. The predicted molar refractivity (Wildman–Crippen MR) is 83.1 cm³/mol. The van der Waals surface area contributed by atoms with Gasteiger partial charge in [0.25, 0.3) is 0 Å². The molecule has 2 N–H and O–H groups in total. The zero-order chi connectivity index (χ0) is 14.4. The summed E-state index contributed by atoms with van der Waals surface area (Å²) >= 11 is 10.8. The molecule has 1 aromatic carbocycles. The van der Waals surface area contributed by atoms with E-state index in [4.69, 9.17) is 29.6 Å². The van der Waals surface area contributed by atoms with Crippen molar-refractivity contribution in [1.82, 2.24) is 4.90 Å². The van der Waals surface area contributed by atoms with Crippen LogP contribution >= 0.6 is 23.8 Å². The lowest BCUT2D eigenvalue weighted by Crippen LogP contribution is -2.38. The summed E-state index contributed by atoms with van der Waals surface area (Å²) in [6, 6.07) is 7.43. The quantitative estimate of drug-likeness (QED) is 0.821. The molecule has 0 bridgehead atoms. The normalized spacial score (nSPS) is 11.9.